The minimum atomic E-state index is -0.722. The number of rotatable bonds is 7. The third-order valence-corrected chi connectivity index (χ3v) is 4.76. The molecule has 1 aromatic carbocycles. The van der Waals surface area contributed by atoms with E-state index in [1.54, 1.807) is 0 Å². The molecule has 0 unspecified atom stereocenters. The zero-order valence-electron chi connectivity index (χ0n) is 13.0. The third-order valence-electron chi connectivity index (χ3n) is 3.20. The molecule has 0 amide bonds. The van der Waals surface area contributed by atoms with Gasteiger partial charge < -0.3 is 5.32 Å². The highest BCUT2D eigenvalue weighted by atomic mass is 79.9. The lowest BCUT2D eigenvalue weighted by Gasteiger charge is -2.04. The molecule has 25 heavy (non-hydrogen) atoms. The fourth-order valence-corrected chi connectivity index (χ4v) is 3.22. The van der Waals surface area contributed by atoms with Gasteiger partial charge in [0.05, 0.1) is 10.2 Å². The molecule has 2 heterocycles. The van der Waals surface area contributed by atoms with Gasteiger partial charge in [-0.3, -0.25) is 4.52 Å². The van der Waals surface area contributed by atoms with Crippen LogP contribution in [0.3, 0.4) is 0 Å². The van der Waals surface area contributed by atoms with Gasteiger partial charge >= 0.3 is 5.76 Å². The minimum absolute atomic E-state index is 0.135. The quantitative estimate of drug-likeness (QED) is 0.451. The van der Waals surface area contributed by atoms with Gasteiger partial charge in [-0.2, -0.15) is 0 Å². The Morgan fingerprint density at radius 2 is 2.20 bits per heavy atom. The first-order valence-electron chi connectivity index (χ1n) is 7.32. The average Bonchev–Trinajstić information content (AvgIpc) is 3.20. The second-order valence-electron chi connectivity index (χ2n) is 4.83. The summed E-state index contributed by atoms with van der Waals surface area (Å²) in [4.78, 5) is 12.1. The SMILES string of the molecule is CCNCCSc1nonc1-c1noc(=O)n1-c1ccc(F)c(Br)c1. The van der Waals surface area contributed by atoms with Gasteiger partial charge in [-0.25, -0.2) is 18.4 Å². The summed E-state index contributed by atoms with van der Waals surface area (Å²) in [6.07, 6.45) is 0. The molecule has 3 rings (SSSR count). The molecule has 0 spiro atoms. The monoisotopic (exact) mass is 429 g/mol. The maximum absolute atomic E-state index is 13.5. The van der Waals surface area contributed by atoms with E-state index in [-0.39, 0.29) is 16.0 Å². The molecule has 11 heteroatoms. The first kappa shape index (κ1) is 17.8. The molecule has 0 fully saturated rings. The van der Waals surface area contributed by atoms with E-state index in [0.717, 1.165) is 18.8 Å². The number of nitrogens with one attached hydrogen (secondary N) is 1. The lowest BCUT2D eigenvalue weighted by molar-refractivity contribution is 0.299. The topological polar surface area (TPSA) is 99.0 Å². The number of benzene rings is 1. The van der Waals surface area contributed by atoms with Crippen molar-refractivity contribution in [2.75, 3.05) is 18.8 Å². The van der Waals surface area contributed by atoms with E-state index in [4.69, 9.17) is 9.15 Å². The normalized spacial score (nSPS) is 11.2. The number of nitrogens with zero attached hydrogens (tertiary/aromatic N) is 4. The first-order valence-corrected chi connectivity index (χ1v) is 9.10. The molecule has 0 saturated carbocycles. The van der Waals surface area contributed by atoms with Crippen LogP contribution in [-0.2, 0) is 0 Å². The average molecular weight is 430 g/mol. The highest BCUT2D eigenvalue weighted by Crippen LogP contribution is 2.28. The lowest BCUT2D eigenvalue weighted by atomic mass is 10.3. The van der Waals surface area contributed by atoms with Crippen molar-refractivity contribution in [2.45, 2.75) is 11.9 Å². The van der Waals surface area contributed by atoms with Crippen LogP contribution in [0.15, 0.2) is 41.6 Å². The van der Waals surface area contributed by atoms with Gasteiger partial charge in [0.2, 0.25) is 5.82 Å². The first-order chi connectivity index (χ1) is 12.1. The molecule has 8 nitrogen and oxygen atoms in total. The Labute approximate surface area is 153 Å². The molecule has 0 atom stereocenters. The van der Waals surface area contributed by atoms with Crippen LogP contribution in [0, 0.1) is 5.82 Å². The summed E-state index contributed by atoms with van der Waals surface area (Å²) in [6, 6.07) is 4.12. The third kappa shape index (κ3) is 3.83. The van der Waals surface area contributed by atoms with Crippen molar-refractivity contribution in [3.8, 4) is 17.2 Å². The Bertz CT molecular complexity index is 925. The van der Waals surface area contributed by atoms with Crippen molar-refractivity contribution in [1.29, 1.82) is 0 Å². The van der Waals surface area contributed by atoms with E-state index in [9.17, 15) is 9.18 Å². The Kier molecular flexibility index (Phi) is 5.66. The maximum atomic E-state index is 13.5. The number of hydrogen-bond acceptors (Lipinski definition) is 8. The summed E-state index contributed by atoms with van der Waals surface area (Å²) in [5, 5.41) is 15.1. The van der Waals surface area contributed by atoms with Crippen molar-refractivity contribution in [3.05, 3.63) is 39.0 Å². The van der Waals surface area contributed by atoms with Gasteiger partial charge in [-0.05, 0) is 51.0 Å². The molecule has 1 N–H and O–H groups in total. The molecule has 0 bridgehead atoms. The second kappa shape index (κ2) is 7.93. The van der Waals surface area contributed by atoms with E-state index in [2.05, 4.69) is 36.7 Å². The molecule has 2 aromatic heterocycles. The van der Waals surface area contributed by atoms with Crippen molar-refractivity contribution < 1.29 is 13.5 Å². The van der Waals surface area contributed by atoms with Crippen LogP contribution in [0.1, 0.15) is 6.92 Å². The highest BCUT2D eigenvalue weighted by molar-refractivity contribution is 9.10. The molecule has 0 radical (unpaired) electrons. The van der Waals surface area contributed by atoms with Gasteiger partial charge in [-0.1, -0.05) is 23.8 Å². The lowest BCUT2D eigenvalue weighted by Crippen LogP contribution is -2.16. The van der Waals surface area contributed by atoms with E-state index in [1.165, 1.54) is 34.5 Å². The van der Waals surface area contributed by atoms with Crippen LogP contribution < -0.4 is 11.1 Å². The largest absolute Gasteiger partial charge is 0.446 e. The maximum Gasteiger partial charge on any atom is 0.446 e. The number of halogens is 2. The Morgan fingerprint density at radius 3 is 2.96 bits per heavy atom. The van der Waals surface area contributed by atoms with Crippen LogP contribution in [0.5, 0.6) is 0 Å². The van der Waals surface area contributed by atoms with E-state index >= 15 is 0 Å². The Hall–Kier alpha value is -1.98. The number of hydrogen-bond donors (Lipinski definition) is 1. The number of thioether (sulfide) groups is 1. The van der Waals surface area contributed by atoms with Crippen LogP contribution in [0.25, 0.3) is 17.2 Å². The van der Waals surface area contributed by atoms with E-state index in [0.29, 0.717) is 10.7 Å². The summed E-state index contributed by atoms with van der Waals surface area (Å²) in [5.74, 6) is -0.299. The summed E-state index contributed by atoms with van der Waals surface area (Å²) in [6.45, 7) is 3.67. The molecule has 132 valence electrons. The molecule has 0 aliphatic heterocycles. The fraction of sp³-hybridized carbons (Fsp3) is 0.286. The smallest absolute Gasteiger partial charge is 0.316 e. The Morgan fingerprint density at radius 1 is 1.36 bits per heavy atom. The zero-order valence-corrected chi connectivity index (χ0v) is 15.4. The van der Waals surface area contributed by atoms with Crippen LogP contribution >= 0.6 is 27.7 Å². The van der Waals surface area contributed by atoms with Gasteiger partial charge in [0.25, 0.3) is 0 Å². The molecular weight excluding hydrogens is 417 g/mol. The van der Waals surface area contributed by atoms with Crippen molar-refractivity contribution >= 4 is 27.7 Å². The van der Waals surface area contributed by atoms with Crippen LogP contribution in [-0.4, -0.2) is 38.9 Å². The second-order valence-corrected chi connectivity index (χ2v) is 6.76. The van der Waals surface area contributed by atoms with Gasteiger partial charge in [0.1, 0.15) is 5.82 Å². The summed E-state index contributed by atoms with van der Waals surface area (Å²) in [7, 11) is 0. The van der Waals surface area contributed by atoms with Crippen LogP contribution in [0.4, 0.5) is 4.39 Å². The summed E-state index contributed by atoms with van der Waals surface area (Å²) < 4.78 is 24.4. The van der Waals surface area contributed by atoms with Crippen molar-refractivity contribution in [1.82, 2.24) is 25.4 Å². The summed E-state index contributed by atoms with van der Waals surface area (Å²) in [5.41, 5.74) is 0.661. The van der Waals surface area contributed by atoms with Crippen molar-refractivity contribution in [3.63, 3.8) is 0 Å². The van der Waals surface area contributed by atoms with E-state index < -0.39 is 11.6 Å². The van der Waals surface area contributed by atoms with Crippen molar-refractivity contribution in [2.24, 2.45) is 0 Å². The molecule has 3 aromatic rings. The van der Waals surface area contributed by atoms with Gasteiger partial charge in [0, 0.05) is 12.3 Å². The fourth-order valence-electron chi connectivity index (χ4n) is 2.06. The van der Waals surface area contributed by atoms with E-state index in [1.807, 2.05) is 6.92 Å². The molecular formula is C14H13BrFN5O3S. The minimum Gasteiger partial charge on any atom is -0.316 e. The standard InChI is InChI=1S/C14H13BrFN5O3S/c1-2-17-5-6-25-13-11(18-24-20-13)12-19-23-14(22)21(12)8-3-4-10(16)9(15)7-8/h3-4,7,17H,2,5-6H2,1H3. The molecule has 0 aliphatic carbocycles. The van der Waals surface area contributed by atoms with Crippen LogP contribution in [0.2, 0.25) is 0 Å². The zero-order chi connectivity index (χ0) is 17.8. The molecule has 0 aliphatic rings. The van der Waals surface area contributed by atoms with Gasteiger partial charge in [0.15, 0.2) is 10.7 Å². The summed E-state index contributed by atoms with van der Waals surface area (Å²) >= 11 is 4.51. The Balaban J connectivity index is 1.96. The predicted octanol–water partition coefficient (Wildman–Crippen LogP) is 2.48. The van der Waals surface area contributed by atoms with Gasteiger partial charge in [-0.15, -0.1) is 0 Å². The highest BCUT2D eigenvalue weighted by Gasteiger charge is 2.23. The number of aromatic nitrogens is 4. The molecule has 0 saturated heterocycles. The predicted molar refractivity (Wildman–Crippen MR) is 92.3 cm³/mol.